The van der Waals surface area contributed by atoms with E-state index in [1.807, 2.05) is 0 Å². The molecule has 5 nitrogen and oxygen atoms in total. The van der Waals surface area contributed by atoms with E-state index < -0.39 is 17.7 Å². The maximum absolute atomic E-state index is 12.5. The summed E-state index contributed by atoms with van der Waals surface area (Å²) < 4.78 is 4.86. The first kappa shape index (κ1) is 17.7. The number of esters is 1. The molecule has 0 aromatic heterocycles. The molecule has 2 unspecified atom stereocenters. The van der Waals surface area contributed by atoms with Gasteiger partial charge in [0.1, 0.15) is 6.10 Å². The molecule has 0 saturated heterocycles. The molecule has 0 amide bonds. The van der Waals surface area contributed by atoms with E-state index in [2.05, 4.69) is 5.16 Å². The molecule has 1 N–H and O–H groups in total. The van der Waals surface area contributed by atoms with E-state index in [0.29, 0.717) is 26.9 Å². The molecule has 0 saturated carbocycles. The summed E-state index contributed by atoms with van der Waals surface area (Å²) in [4.78, 5) is 17.9. The van der Waals surface area contributed by atoms with Gasteiger partial charge in [-0.3, -0.25) is 0 Å². The van der Waals surface area contributed by atoms with Crippen molar-refractivity contribution in [3.63, 3.8) is 0 Å². The fourth-order valence-corrected chi connectivity index (χ4v) is 3.26. The summed E-state index contributed by atoms with van der Waals surface area (Å²) in [7, 11) is 1.22. The van der Waals surface area contributed by atoms with Gasteiger partial charge in [0.25, 0.3) is 5.60 Å². The molecule has 1 heterocycles. The number of nitrogens with zero attached hydrogens (tertiary/aromatic N) is 1. The molecule has 0 fully saturated rings. The van der Waals surface area contributed by atoms with E-state index in [1.54, 1.807) is 48.5 Å². The first-order chi connectivity index (χ1) is 12.0. The average molecular weight is 380 g/mol. The van der Waals surface area contributed by atoms with Gasteiger partial charge in [0.05, 0.1) is 19.2 Å². The Morgan fingerprint density at radius 3 is 2.48 bits per heavy atom. The third-order valence-electron chi connectivity index (χ3n) is 4.11. The van der Waals surface area contributed by atoms with E-state index in [-0.39, 0.29) is 6.42 Å². The Morgan fingerprint density at radius 1 is 1.20 bits per heavy atom. The number of aliphatic hydroxyl groups is 1. The zero-order chi connectivity index (χ0) is 18.0. The summed E-state index contributed by atoms with van der Waals surface area (Å²) in [6.07, 6.45) is -1.37. The summed E-state index contributed by atoms with van der Waals surface area (Å²) in [5, 5.41) is 15.6. The zero-order valence-electron chi connectivity index (χ0n) is 13.3. The van der Waals surface area contributed by atoms with Crippen LogP contribution in [0.1, 0.15) is 23.7 Å². The second-order valence-corrected chi connectivity index (χ2v) is 6.41. The number of hydrogen-bond acceptors (Lipinski definition) is 5. The van der Waals surface area contributed by atoms with Gasteiger partial charge in [0.2, 0.25) is 0 Å². The maximum atomic E-state index is 12.5. The van der Waals surface area contributed by atoms with E-state index in [4.69, 9.17) is 32.8 Å². The molecule has 7 heteroatoms. The number of halogens is 2. The van der Waals surface area contributed by atoms with Crippen LogP contribution in [-0.4, -0.2) is 29.5 Å². The number of hydrogen-bond donors (Lipinski definition) is 1. The lowest BCUT2D eigenvalue weighted by Crippen LogP contribution is -2.46. The van der Waals surface area contributed by atoms with Gasteiger partial charge < -0.3 is 14.7 Å². The van der Waals surface area contributed by atoms with Gasteiger partial charge in [-0.25, -0.2) is 4.79 Å². The van der Waals surface area contributed by atoms with Crippen molar-refractivity contribution in [2.45, 2.75) is 18.1 Å². The average Bonchev–Trinajstić information content (AvgIpc) is 3.07. The molecule has 0 aliphatic carbocycles. The number of carbonyl (C=O) groups is 1. The van der Waals surface area contributed by atoms with Crippen LogP contribution in [0.3, 0.4) is 0 Å². The maximum Gasteiger partial charge on any atom is 0.356 e. The number of ether oxygens (including phenoxy) is 1. The lowest BCUT2D eigenvalue weighted by atomic mass is 9.85. The third kappa shape index (κ3) is 3.11. The second-order valence-electron chi connectivity index (χ2n) is 5.59. The van der Waals surface area contributed by atoms with Crippen LogP contribution in [0.25, 0.3) is 0 Å². The monoisotopic (exact) mass is 379 g/mol. The smallest absolute Gasteiger partial charge is 0.356 e. The molecular formula is C18H15Cl2NO4. The predicted octanol–water partition coefficient (Wildman–Crippen LogP) is 3.76. The van der Waals surface area contributed by atoms with Crippen LogP contribution in [0.15, 0.2) is 53.7 Å². The molecule has 0 spiro atoms. The van der Waals surface area contributed by atoms with Crippen LogP contribution in [-0.2, 0) is 14.4 Å². The fourth-order valence-electron chi connectivity index (χ4n) is 2.78. The SMILES string of the molecule is COC(=O)C1(C(O)c2ccccc2Cl)CC(c2ccccc2Cl)=NO1. The first-order valence-corrected chi connectivity index (χ1v) is 8.26. The predicted molar refractivity (Wildman–Crippen MR) is 94.8 cm³/mol. The molecule has 0 bridgehead atoms. The van der Waals surface area contributed by atoms with Gasteiger partial charge in [-0.15, -0.1) is 0 Å². The standard InChI is InChI=1S/C18H15Cl2NO4/c1-24-17(23)18(16(22)12-7-3-5-9-14(12)20)10-15(21-25-18)11-6-2-4-8-13(11)19/h2-9,16,22H,10H2,1H3. The van der Waals surface area contributed by atoms with Gasteiger partial charge in [-0.2, -0.15) is 0 Å². The van der Waals surface area contributed by atoms with Crippen LogP contribution in [0, 0.1) is 0 Å². The molecule has 0 radical (unpaired) electrons. The van der Waals surface area contributed by atoms with Crippen molar-refractivity contribution >= 4 is 34.9 Å². The number of rotatable bonds is 4. The molecular weight excluding hydrogens is 365 g/mol. The minimum Gasteiger partial charge on any atom is -0.466 e. The van der Waals surface area contributed by atoms with Crippen LogP contribution in [0.4, 0.5) is 0 Å². The summed E-state index contributed by atoms with van der Waals surface area (Å²) in [5.41, 5.74) is -0.303. The molecule has 1 aliphatic rings. The van der Waals surface area contributed by atoms with Crippen molar-refractivity contribution in [1.82, 2.24) is 0 Å². The highest BCUT2D eigenvalue weighted by Crippen LogP contribution is 2.41. The highest BCUT2D eigenvalue weighted by molar-refractivity contribution is 6.34. The molecule has 3 rings (SSSR count). The number of methoxy groups -OCH3 is 1. The van der Waals surface area contributed by atoms with Gasteiger partial charge in [-0.05, 0) is 12.1 Å². The van der Waals surface area contributed by atoms with Crippen LogP contribution >= 0.6 is 23.2 Å². The zero-order valence-corrected chi connectivity index (χ0v) is 14.8. The van der Waals surface area contributed by atoms with E-state index in [1.165, 1.54) is 7.11 Å². The summed E-state index contributed by atoms with van der Waals surface area (Å²) in [6.45, 7) is 0. The van der Waals surface area contributed by atoms with E-state index >= 15 is 0 Å². The molecule has 2 aromatic rings. The highest BCUT2D eigenvalue weighted by atomic mass is 35.5. The Balaban J connectivity index is 1.99. The first-order valence-electron chi connectivity index (χ1n) is 7.50. The normalized spacial score (nSPS) is 20.6. The van der Waals surface area contributed by atoms with E-state index in [0.717, 1.165) is 0 Å². The summed E-state index contributed by atoms with van der Waals surface area (Å²) >= 11 is 12.4. The summed E-state index contributed by atoms with van der Waals surface area (Å²) in [6, 6.07) is 13.7. The Kier molecular flexibility index (Phi) is 4.99. The molecule has 2 atom stereocenters. The van der Waals surface area contributed by atoms with Crippen molar-refractivity contribution < 1.29 is 19.5 Å². The van der Waals surface area contributed by atoms with Crippen LogP contribution < -0.4 is 0 Å². The van der Waals surface area contributed by atoms with Crippen molar-refractivity contribution in [2.24, 2.45) is 5.16 Å². The van der Waals surface area contributed by atoms with Gasteiger partial charge in [0, 0.05) is 21.2 Å². The number of aliphatic hydroxyl groups excluding tert-OH is 1. The molecule has 130 valence electrons. The van der Waals surface area contributed by atoms with Crippen molar-refractivity contribution in [1.29, 1.82) is 0 Å². The van der Waals surface area contributed by atoms with Crippen LogP contribution in [0.2, 0.25) is 10.0 Å². The topological polar surface area (TPSA) is 68.1 Å². The minimum absolute atomic E-state index is 0.00417. The molecule has 25 heavy (non-hydrogen) atoms. The van der Waals surface area contributed by atoms with Crippen molar-refractivity contribution in [3.8, 4) is 0 Å². The largest absolute Gasteiger partial charge is 0.466 e. The number of carbonyl (C=O) groups excluding carboxylic acids is 1. The second kappa shape index (κ2) is 7.04. The Hall–Kier alpha value is -2.08. The number of benzene rings is 2. The lowest BCUT2D eigenvalue weighted by molar-refractivity contribution is -0.182. The quantitative estimate of drug-likeness (QED) is 0.821. The van der Waals surface area contributed by atoms with Gasteiger partial charge in [0.15, 0.2) is 0 Å². The van der Waals surface area contributed by atoms with Crippen molar-refractivity contribution in [2.75, 3.05) is 7.11 Å². The van der Waals surface area contributed by atoms with E-state index in [9.17, 15) is 9.90 Å². The molecule has 1 aliphatic heterocycles. The molecule has 2 aromatic carbocycles. The summed E-state index contributed by atoms with van der Waals surface area (Å²) in [5.74, 6) is -0.745. The third-order valence-corrected chi connectivity index (χ3v) is 4.78. The fraction of sp³-hybridized carbons (Fsp3) is 0.222. The minimum atomic E-state index is -1.73. The Bertz CT molecular complexity index is 839. The van der Waals surface area contributed by atoms with Gasteiger partial charge in [-0.1, -0.05) is 64.8 Å². The van der Waals surface area contributed by atoms with Crippen LogP contribution in [0.5, 0.6) is 0 Å². The van der Waals surface area contributed by atoms with Crippen molar-refractivity contribution in [3.05, 3.63) is 69.7 Å². The Morgan fingerprint density at radius 2 is 1.84 bits per heavy atom. The lowest BCUT2D eigenvalue weighted by Gasteiger charge is -2.29. The van der Waals surface area contributed by atoms with Gasteiger partial charge >= 0.3 is 5.97 Å². The highest BCUT2D eigenvalue weighted by Gasteiger charge is 2.55. The number of oxime groups is 1. The Labute approximate surface area is 154 Å².